The summed E-state index contributed by atoms with van der Waals surface area (Å²) in [5.74, 6) is -0.169. The van der Waals surface area contributed by atoms with E-state index in [2.05, 4.69) is 10.6 Å². The van der Waals surface area contributed by atoms with Gasteiger partial charge in [-0.05, 0) is 52.6 Å². The van der Waals surface area contributed by atoms with Crippen molar-refractivity contribution in [3.05, 3.63) is 0 Å². The number of ether oxygens (including phenoxy) is 2. The molecular formula is C14H26N2O4. The van der Waals surface area contributed by atoms with Crippen molar-refractivity contribution in [2.75, 3.05) is 20.2 Å². The molecule has 0 spiro atoms. The van der Waals surface area contributed by atoms with E-state index in [1.165, 1.54) is 7.11 Å². The normalized spacial score (nSPS) is 23.6. The van der Waals surface area contributed by atoms with E-state index in [0.717, 1.165) is 25.9 Å². The number of alkyl carbamates (subject to hydrolysis) is 1. The lowest BCUT2D eigenvalue weighted by Crippen LogP contribution is -2.43. The molecule has 116 valence electrons. The second-order valence-corrected chi connectivity index (χ2v) is 6.12. The minimum Gasteiger partial charge on any atom is -0.469 e. The summed E-state index contributed by atoms with van der Waals surface area (Å²) in [6, 6.07) is -0.0704. The van der Waals surface area contributed by atoms with Crippen LogP contribution in [0.1, 0.15) is 40.0 Å². The van der Waals surface area contributed by atoms with E-state index < -0.39 is 11.7 Å². The van der Waals surface area contributed by atoms with Gasteiger partial charge in [-0.15, -0.1) is 0 Å². The van der Waals surface area contributed by atoms with Gasteiger partial charge in [0.1, 0.15) is 5.60 Å². The Morgan fingerprint density at radius 1 is 1.25 bits per heavy atom. The van der Waals surface area contributed by atoms with Crippen LogP contribution in [0.4, 0.5) is 4.79 Å². The molecule has 2 N–H and O–H groups in total. The van der Waals surface area contributed by atoms with Gasteiger partial charge >= 0.3 is 12.1 Å². The summed E-state index contributed by atoms with van der Waals surface area (Å²) in [6.45, 7) is 7.14. The van der Waals surface area contributed by atoms with Crippen LogP contribution in [0.3, 0.4) is 0 Å². The average molecular weight is 286 g/mol. The smallest absolute Gasteiger partial charge is 0.407 e. The molecule has 1 rings (SSSR count). The molecule has 6 heteroatoms. The standard InChI is InChI=1S/C14H26N2O4/c1-14(2,3)20-13(18)16-11-6-8-15-7-5-10(11)9-12(17)19-4/h10-11,15H,5-9H2,1-4H3,(H,16,18)/t10-,11-/m1/s1. The third-order valence-corrected chi connectivity index (χ3v) is 3.25. The number of carbonyl (C=O) groups is 2. The molecule has 6 nitrogen and oxygen atoms in total. The Bertz CT molecular complexity index is 339. The van der Waals surface area contributed by atoms with Crippen LogP contribution in [-0.2, 0) is 14.3 Å². The summed E-state index contributed by atoms with van der Waals surface area (Å²) in [5.41, 5.74) is -0.523. The summed E-state index contributed by atoms with van der Waals surface area (Å²) < 4.78 is 10.00. The maximum absolute atomic E-state index is 11.9. The predicted octanol–water partition coefficient (Wildman–Crippen LogP) is 1.44. The second kappa shape index (κ2) is 7.47. The minimum atomic E-state index is -0.523. The highest BCUT2D eigenvalue weighted by atomic mass is 16.6. The molecule has 0 aromatic rings. The van der Waals surface area contributed by atoms with Crippen LogP contribution in [-0.4, -0.2) is 43.9 Å². The fourth-order valence-corrected chi connectivity index (χ4v) is 2.30. The van der Waals surface area contributed by atoms with Crippen molar-refractivity contribution in [3.63, 3.8) is 0 Å². The zero-order valence-corrected chi connectivity index (χ0v) is 12.8. The summed E-state index contributed by atoms with van der Waals surface area (Å²) >= 11 is 0. The number of amides is 1. The van der Waals surface area contributed by atoms with Crippen LogP contribution in [0.2, 0.25) is 0 Å². The van der Waals surface area contributed by atoms with E-state index in [4.69, 9.17) is 9.47 Å². The first kappa shape index (κ1) is 16.8. The molecule has 0 aromatic carbocycles. The molecule has 1 saturated heterocycles. The number of nitrogens with one attached hydrogen (secondary N) is 2. The van der Waals surface area contributed by atoms with Crippen molar-refractivity contribution in [2.45, 2.75) is 51.7 Å². The van der Waals surface area contributed by atoms with Crippen LogP contribution in [0.15, 0.2) is 0 Å². The van der Waals surface area contributed by atoms with Crippen molar-refractivity contribution in [3.8, 4) is 0 Å². The van der Waals surface area contributed by atoms with Gasteiger partial charge in [0.15, 0.2) is 0 Å². The fraction of sp³-hybridized carbons (Fsp3) is 0.857. The first-order valence-corrected chi connectivity index (χ1v) is 7.09. The van der Waals surface area contributed by atoms with Crippen molar-refractivity contribution in [1.29, 1.82) is 0 Å². The fourth-order valence-electron chi connectivity index (χ4n) is 2.30. The van der Waals surface area contributed by atoms with Crippen LogP contribution in [0, 0.1) is 5.92 Å². The summed E-state index contributed by atoms with van der Waals surface area (Å²) in [5, 5.41) is 6.16. The first-order valence-electron chi connectivity index (χ1n) is 7.09. The molecule has 2 atom stereocenters. The third-order valence-electron chi connectivity index (χ3n) is 3.25. The molecule has 0 saturated carbocycles. The quantitative estimate of drug-likeness (QED) is 0.768. The first-order chi connectivity index (χ1) is 9.31. The zero-order chi connectivity index (χ0) is 15.2. The van der Waals surface area contributed by atoms with Gasteiger partial charge in [0, 0.05) is 6.04 Å². The Kier molecular flexibility index (Phi) is 6.26. The molecule has 1 heterocycles. The van der Waals surface area contributed by atoms with Gasteiger partial charge in [0.05, 0.1) is 13.5 Å². The van der Waals surface area contributed by atoms with E-state index in [-0.39, 0.29) is 17.9 Å². The highest BCUT2D eigenvalue weighted by Gasteiger charge is 2.29. The molecule has 1 fully saturated rings. The monoisotopic (exact) mass is 286 g/mol. The maximum atomic E-state index is 11.9. The molecule has 1 aliphatic rings. The van der Waals surface area contributed by atoms with Crippen LogP contribution in [0.5, 0.6) is 0 Å². The van der Waals surface area contributed by atoms with Crippen molar-refractivity contribution in [2.24, 2.45) is 5.92 Å². The van der Waals surface area contributed by atoms with Crippen LogP contribution < -0.4 is 10.6 Å². The summed E-state index contributed by atoms with van der Waals surface area (Å²) in [6.07, 6.45) is 1.49. The molecular weight excluding hydrogens is 260 g/mol. The Morgan fingerprint density at radius 2 is 1.90 bits per heavy atom. The third kappa shape index (κ3) is 6.23. The topological polar surface area (TPSA) is 76.7 Å². The number of esters is 1. The van der Waals surface area contributed by atoms with Crippen LogP contribution >= 0.6 is 0 Å². The molecule has 0 radical (unpaired) electrons. The molecule has 1 aliphatic heterocycles. The molecule has 0 unspecified atom stereocenters. The maximum Gasteiger partial charge on any atom is 0.407 e. The molecule has 0 aliphatic carbocycles. The summed E-state index contributed by atoms with van der Waals surface area (Å²) in [4.78, 5) is 23.3. The number of methoxy groups -OCH3 is 1. The van der Waals surface area contributed by atoms with Gasteiger partial charge in [-0.2, -0.15) is 0 Å². The Morgan fingerprint density at radius 3 is 2.50 bits per heavy atom. The van der Waals surface area contributed by atoms with Gasteiger partial charge in [-0.25, -0.2) is 4.79 Å². The van der Waals surface area contributed by atoms with Gasteiger partial charge in [0.25, 0.3) is 0 Å². The highest BCUT2D eigenvalue weighted by Crippen LogP contribution is 2.20. The van der Waals surface area contributed by atoms with E-state index in [1.54, 1.807) is 0 Å². The Balaban J connectivity index is 2.61. The number of hydrogen-bond donors (Lipinski definition) is 2. The molecule has 20 heavy (non-hydrogen) atoms. The highest BCUT2D eigenvalue weighted by molar-refractivity contribution is 5.70. The largest absolute Gasteiger partial charge is 0.469 e. The molecule has 1 amide bonds. The lowest BCUT2D eigenvalue weighted by Gasteiger charge is -2.27. The second-order valence-electron chi connectivity index (χ2n) is 6.12. The Labute approximate surface area is 120 Å². The van der Waals surface area contributed by atoms with E-state index in [0.29, 0.717) is 6.42 Å². The lowest BCUT2D eigenvalue weighted by molar-refractivity contribution is -0.142. The van der Waals surface area contributed by atoms with E-state index in [1.807, 2.05) is 20.8 Å². The lowest BCUT2D eigenvalue weighted by atomic mass is 9.91. The van der Waals surface area contributed by atoms with Crippen molar-refractivity contribution >= 4 is 12.1 Å². The van der Waals surface area contributed by atoms with Gasteiger partial charge < -0.3 is 20.1 Å². The van der Waals surface area contributed by atoms with Gasteiger partial charge in [-0.3, -0.25) is 4.79 Å². The predicted molar refractivity (Wildman–Crippen MR) is 75.4 cm³/mol. The van der Waals surface area contributed by atoms with E-state index in [9.17, 15) is 9.59 Å². The SMILES string of the molecule is COC(=O)C[C@H]1CCNCC[C@H]1NC(=O)OC(C)(C)C. The number of carbonyl (C=O) groups excluding carboxylic acids is 2. The van der Waals surface area contributed by atoms with Crippen molar-refractivity contribution < 1.29 is 19.1 Å². The zero-order valence-electron chi connectivity index (χ0n) is 12.8. The Hall–Kier alpha value is -1.30. The molecule has 0 bridgehead atoms. The minimum absolute atomic E-state index is 0.0704. The number of rotatable bonds is 3. The van der Waals surface area contributed by atoms with Crippen molar-refractivity contribution in [1.82, 2.24) is 10.6 Å². The van der Waals surface area contributed by atoms with Gasteiger partial charge in [-0.1, -0.05) is 0 Å². The average Bonchev–Trinajstić information content (AvgIpc) is 2.53. The summed E-state index contributed by atoms with van der Waals surface area (Å²) in [7, 11) is 1.38. The van der Waals surface area contributed by atoms with Crippen LogP contribution in [0.25, 0.3) is 0 Å². The van der Waals surface area contributed by atoms with Gasteiger partial charge in [0.2, 0.25) is 0 Å². The number of hydrogen-bond acceptors (Lipinski definition) is 5. The molecule has 0 aromatic heterocycles. The van der Waals surface area contributed by atoms with E-state index >= 15 is 0 Å².